The Labute approximate surface area is 189 Å². The lowest BCUT2D eigenvalue weighted by Gasteiger charge is -2.25. The minimum Gasteiger partial charge on any atom is -0.339 e. The van der Waals surface area contributed by atoms with Gasteiger partial charge in [0.25, 0.3) is 5.91 Å². The van der Waals surface area contributed by atoms with Gasteiger partial charge in [-0.1, -0.05) is 49.1 Å². The molecule has 0 saturated heterocycles. The number of carbonyl (C=O) groups excluding carboxylic acids is 2. The van der Waals surface area contributed by atoms with E-state index in [2.05, 4.69) is 22.2 Å². The molecule has 3 atom stereocenters. The average molecular weight is 434 g/mol. The van der Waals surface area contributed by atoms with E-state index in [0.717, 1.165) is 11.1 Å². The minimum atomic E-state index is -0.913. The van der Waals surface area contributed by atoms with Crippen LogP contribution in [0.3, 0.4) is 0 Å². The second-order valence-electron chi connectivity index (χ2n) is 8.00. The van der Waals surface area contributed by atoms with E-state index in [0.29, 0.717) is 43.5 Å². The smallest absolute Gasteiger partial charge is 0.251 e. The van der Waals surface area contributed by atoms with Gasteiger partial charge in [0.15, 0.2) is 0 Å². The van der Waals surface area contributed by atoms with Gasteiger partial charge in [-0.05, 0) is 61.1 Å². The minimum absolute atomic E-state index is 0.0877. The molecule has 7 nitrogen and oxygen atoms in total. The highest BCUT2D eigenvalue weighted by Crippen LogP contribution is 2.23. The van der Waals surface area contributed by atoms with E-state index < -0.39 is 18.0 Å². The van der Waals surface area contributed by atoms with Crippen molar-refractivity contribution in [2.24, 2.45) is 16.5 Å². The van der Waals surface area contributed by atoms with Crippen LogP contribution in [0.15, 0.2) is 83.1 Å². The maximum atomic E-state index is 13.2. The Kier molecular flexibility index (Phi) is 8.30. The van der Waals surface area contributed by atoms with Gasteiger partial charge in [0.05, 0.1) is 12.1 Å². The van der Waals surface area contributed by atoms with Crippen LogP contribution in [0.1, 0.15) is 24.8 Å². The number of nitrogens with zero attached hydrogens (tertiary/aromatic N) is 1. The van der Waals surface area contributed by atoms with Crippen LogP contribution in [0.5, 0.6) is 0 Å². The molecule has 2 amide bonds. The standard InChI is InChI=1S/C25H31N5O2/c1-17(15-18-7-3-2-4-8-18)23(30-24(31)21(27)10-5-13-26)25(32)29-20-11-12-22-19(16-20)9-6-14-28-22/h2-4,6-9,11,14,16,21-23H,1,5,10,12-13,15,26-27H2,(H,29,32)(H,30,31)/t21-,22?,23+/m0/s1. The molecule has 32 heavy (non-hydrogen) atoms. The van der Waals surface area contributed by atoms with Gasteiger partial charge >= 0.3 is 0 Å². The Bertz CT molecular complexity index is 962. The molecule has 1 heterocycles. The van der Waals surface area contributed by atoms with E-state index in [-0.39, 0.29) is 11.9 Å². The number of hydrogen-bond acceptors (Lipinski definition) is 5. The third-order valence-electron chi connectivity index (χ3n) is 5.46. The summed E-state index contributed by atoms with van der Waals surface area (Å²) in [5, 5.41) is 5.72. The zero-order valence-electron chi connectivity index (χ0n) is 18.2. The first-order chi connectivity index (χ1) is 15.5. The van der Waals surface area contributed by atoms with E-state index in [1.807, 2.05) is 54.6 Å². The number of dihydropyridines is 1. The number of hydrogen-bond donors (Lipinski definition) is 4. The van der Waals surface area contributed by atoms with Gasteiger partial charge in [0.1, 0.15) is 6.04 Å². The summed E-state index contributed by atoms with van der Waals surface area (Å²) in [6, 6.07) is 8.13. The van der Waals surface area contributed by atoms with Crippen molar-refractivity contribution in [1.29, 1.82) is 0 Å². The second-order valence-corrected chi connectivity index (χ2v) is 8.00. The molecule has 168 valence electrons. The molecule has 0 bridgehead atoms. The van der Waals surface area contributed by atoms with Crippen molar-refractivity contribution in [2.75, 3.05) is 6.54 Å². The zero-order chi connectivity index (χ0) is 22.9. The van der Waals surface area contributed by atoms with Gasteiger partial charge in [0, 0.05) is 11.9 Å². The third kappa shape index (κ3) is 6.35. The summed E-state index contributed by atoms with van der Waals surface area (Å²) in [6.07, 6.45) is 11.7. The lowest BCUT2D eigenvalue weighted by molar-refractivity contribution is -0.128. The topological polar surface area (TPSA) is 123 Å². The quantitative estimate of drug-likeness (QED) is 0.419. The summed E-state index contributed by atoms with van der Waals surface area (Å²) in [6.45, 7) is 4.56. The van der Waals surface area contributed by atoms with Crippen LogP contribution in [-0.2, 0) is 16.0 Å². The molecule has 1 aromatic carbocycles. The summed E-state index contributed by atoms with van der Waals surface area (Å²) in [4.78, 5) is 30.3. The number of nitrogens with two attached hydrogens (primary N) is 2. The lowest BCUT2D eigenvalue weighted by Crippen LogP contribution is -2.52. The van der Waals surface area contributed by atoms with Crippen LogP contribution in [0, 0.1) is 0 Å². The SMILES string of the molecule is C=C(Cc1ccccc1)[C@@H](NC(=O)[C@@H](N)CCCN)C(=O)NC1=CCC2N=CC=CC2=C1. The molecule has 1 unspecified atom stereocenters. The van der Waals surface area contributed by atoms with Crippen LogP contribution >= 0.6 is 0 Å². The van der Waals surface area contributed by atoms with E-state index in [9.17, 15) is 9.59 Å². The van der Waals surface area contributed by atoms with Gasteiger partial charge < -0.3 is 22.1 Å². The molecule has 0 spiro atoms. The van der Waals surface area contributed by atoms with Crippen molar-refractivity contribution >= 4 is 18.0 Å². The highest BCUT2D eigenvalue weighted by atomic mass is 16.2. The van der Waals surface area contributed by atoms with Gasteiger partial charge in [-0.3, -0.25) is 14.6 Å². The number of allylic oxidation sites excluding steroid dienone is 2. The fraction of sp³-hybridized carbons (Fsp3) is 0.320. The summed E-state index contributed by atoms with van der Waals surface area (Å²) >= 11 is 0. The number of fused-ring (bicyclic) bond motifs is 1. The molecule has 0 saturated carbocycles. The molecule has 0 radical (unpaired) electrons. The Balaban J connectivity index is 1.72. The first-order valence-corrected chi connectivity index (χ1v) is 10.9. The summed E-state index contributed by atoms with van der Waals surface area (Å²) in [5.74, 6) is -0.747. The predicted octanol–water partition coefficient (Wildman–Crippen LogP) is 1.68. The summed E-state index contributed by atoms with van der Waals surface area (Å²) in [7, 11) is 0. The molecular weight excluding hydrogens is 402 g/mol. The second kappa shape index (κ2) is 11.4. The normalized spacial score (nSPS) is 18.6. The monoisotopic (exact) mass is 433 g/mol. The number of nitrogens with one attached hydrogen (secondary N) is 2. The summed E-state index contributed by atoms with van der Waals surface area (Å²) < 4.78 is 0. The largest absolute Gasteiger partial charge is 0.339 e. The van der Waals surface area contributed by atoms with Crippen LogP contribution in [-0.4, -0.2) is 42.7 Å². The molecule has 0 fully saturated rings. The van der Waals surface area contributed by atoms with Crippen LogP contribution in [0.25, 0.3) is 0 Å². The van der Waals surface area contributed by atoms with Crippen LogP contribution < -0.4 is 22.1 Å². The van der Waals surface area contributed by atoms with E-state index in [1.54, 1.807) is 6.21 Å². The van der Waals surface area contributed by atoms with E-state index >= 15 is 0 Å². The Morgan fingerprint density at radius 3 is 2.75 bits per heavy atom. The molecule has 1 aliphatic carbocycles. The van der Waals surface area contributed by atoms with E-state index in [4.69, 9.17) is 11.5 Å². The number of benzene rings is 1. The highest BCUT2D eigenvalue weighted by Gasteiger charge is 2.27. The average Bonchev–Trinajstić information content (AvgIpc) is 2.81. The van der Waals surface area contributed by atoms with Crippen molar-refractivity contribution in [3.05, 3.63) is 83.6 Å². The molecule has 7 heteroatoms. The summed E-state index contributed by atoms with van der Waals surface area (Å²) in [5.41, 5.74) is 14.8. The highest BCUT2D eigenvalue weighted by molar-refractivity contribution is 5.93. The van der Waals surface area contributed by atoms with Crippen molar-refractivity contribution in [3.8, 4) is 0 Å². The maximum absolute atomic E-state index is 13.2. The van der Waals surface area contributed by atoms with Crippen LogP contribution in [0.4, 0.5) is 0 Å². The first-order valence-electron chi connectivity index (χ1n) is 10.9. The molecule has 0 aromatic heterocycles. The fourth-order valence-corrected chi connectivity index (χ4v) is 3.66. The molecule has 2 aliphatic rings. The lowest BCUT2D eigenvalue weighted by atomic mass is 9.95. The molecular formula is C25H31N5O2. The van der Waals surface area contributed by atoms with Crippen molar-refractivity contribution < 1.29 is 9.59 Å². The fourth-order valence-electron chi connectivity index (χ4n) is 3.66. The molecule has 1 aliphatic heterocycles. The van der Waals surface area contributed by atoms with Gasteiger partial charge in [-0.2, -0.15) is 0 Å². The Morgan fingerprint density at radius 1 is 1.22 bits per heavy atom. The number of amides is 2. The van der Waals surface area contributed by atoms with Crippen molar-refractivity contribution in [1.82, 2.24) is 10.6 Å². The van der Waals surface area contributed by atoms with Gasteiger partial charge in [-0.25, -0.2) is 0 Å². The predicted molar refractivity (Wildman–Crippen MR) is 128 cm³/mol. The van der Waals surface area contributed by atoms with Gasteiger partial charge in [-0.15, -0.1) is 0 Å². The van der Waals surface area contributed by atoms with E-state index in [1.165, 1.54) is 0 Å². The number of carbonyl (C=O) groups is 2. The number of rotatable bonds is 10. The Hall–Kier alpha value is -3.29. The molecule has 6 N–H and O–H groups in total. The van der Waals surface area contributed by atoms with Crippen molar-refractivity contribution in [2.45, 2.75) is 43.8 Å². The van der Waals surface area contributed by atoms with Gasteiger partial charge in [0.2, 0.25) is 5.91 Å². The maximum Gasteiger partial charge on any atom is 0.251 e. The first kappa shape index (κ1) is 23.4. The third-order valence-corrected chi connectivity index (χ3v) is 5.46. The Morgan fingerprint density at radius 2 is 2.00 bits per heavy atom. The molecule has 1 aromatic rings. The van der Waals surface area contributed by atoms with Crippen LogP contribution in [0.2, 0.25) is 0 Å². The van der Waals surface area contributed by atoms with Crippen molar-refractivity contribution in [3.63, 3.8) is 0 Å². The zero-order valence-corrected chi connectivity index (χ0v) is 18.2. The molecule has 3 rings (SSSR count). The number of aliphatic imine (C=N–C) groups is 1.